The van der Waals surface area contributed by atoms with Crippen LogP contribution in [0.25, 0.3) is 0 Å². The molecule has 2 unspecified atom stereocenters. The molecule has 0 spiro atoms. The van der Waals surface area contributed by atoms with Crippen molar-refractivity contribution in [3.8, 4) is 0 Å². The zero-order valence-electron chi connectivity index (χ0n) is 13.2. The molecule has 2 saturated heterocycles. The topological polar surface area (TPSA) is 61.4 Å². The van der Waals surface area contributed by atoms with Crippen molar-refractivity contribution in [3.63, 3.8) is 0 Å². The number of rotatable bonds is 4. The molecule has 0 aromatic rings. The van der Waals surface area contributed by atoms with E-state index in [1.165, 1.54) is 12.8 Å². The van der Waals surface area contributed by atoms with Gasteiger partial charge in [-0.25, -0.2) is 0 Å². The van der Waals surface area contributed by atoms with Crippen LogP contribution in [0.1, 0.15) is 64.7 Å². The van der Waals surface area contributed by atoms with Gasteiger partial charge in [0.15, 0.2) is 0 Å². The minimum Gasteiger partial charge on any atom is -0.394 e. The molecule has 1 saturated carbocycles. The third-order valence-electron chi connectivity index (χ3n) is 5.98. The molecule has 21 heavy (non-hydrogen) atoms. The number of carbonyl (C=O) groups excluding carboxylic acids is 1. The van der Waals surface area contributed by atoms with Crippen molar-refractivity contribution in [2.75, 3.05) is 6.61 Å². The van der Waals surface area contributed by atoms with Crippen molar-refractivity contribution in [3.05, 3.63) is 0 Å². The van der Waals surface area contributed by atoms with Crippen molar-refractivity contribution in [1.29, 1.82) is 0 Å². The van der Waals surface area contributed by atoms with Gasteiger partial charge in [-0.3, -0.25) is 4.79 Å². The van der Waals surface area contributed by atoms with Crippen LogP contribution in [0.2, 0.25) is 0 Å². The molecular weight excluding hydrogens is 264 g/mol. The van der Waals surface area contributed by atoms with Gasteiger partial charge in [0.2, 0.25) is 5.91 Å². The fourth-order valence-corrected chi connectivity index (χ4v) is 4.59. The van der Waals surface area contributed by atoms with E-state index >= 15 is 0 Å². The third-order valence-corrected chi connectivity index (χ3v) is 5.98. The van der Waals surface area contributed by atoms with Crippen molar-refractivity contribution in [2.45, 2.75) is 82.3 Å². The van der Waals surface area contributed by atoms with E-state index in [-0.39, 0.29) is 18.1 Å². The lowest BCUT2D eigenvalue weighted by Gasteiger charge is -2.39. The maximum Gasteiger partial charge on any atom is 0.220 e. The van der Waals surface area contributed by atoms with Crippen LogP contribution in [-0.2, 0) is 4.79 Å². The maximum atomic E-state index is 12.4. The molecule has 2 heterocycles. The number of carbonyl (C=O) groups is 1. The smallest absolute Gasteiger partial charge is 0.220 e. The van der Waals surface area contributed by atoms with E-state index in [4.69, 9.17) is 0 Å². The summed E-state index contributed by atoms with van der Waals surface area (Å²) in [6.45, 7) is 2.34. The predicted molar refractivity (Wildman–Crippen MR) is 82.9 cm³/mol. The average molecular weight is 294 g/mol. The Kier molecular flexibility index (Phi) is 4.55. The summed E-state index contributed by atoms with van der Waals surface area (Å²) < 4.78 is 0. The lowest BCUT2D eigenvalue weighted by Crippen LogP contribution is -2.53. The second-order valence-electron chi connectivity index (χ2n) is 7.85. The lowest BCUT2D eigenvalue weighted by atomic mass is 9.77. The number of hydrogen-bond acceptors (Lipinski definition) is 3. The highest BCUT2D eigenvalue weighted by atomic mass is 16.3. The minimum atomic E-state index is -0.338. The molecule has 3 N–H and O–H groups in total. The summed E-state index contributed by atoms with van der Waals surface area (Å²) in [5.74, 6) is 1.41. The Morgan fingerprint density at radius 3 is 2.38 bits per heavy atom. The van der Waals surface area contributed by atoms with E-state index in [1.54, 1.807) is 0 Å². The largest absolute Gasteiger partial charge is 0.394 e. The van der Waals surface area contributed by atoms with Gasteiger partial charge in [-0.15, -0.1) is 0 Å². The van der Waals surface area contributed by atoms with Gasteiger partial charge in [-0.1, -0.05) is 6.92 Å². The maximum absolute atomic E-state index is 12.4. The summed E-state index contributed by atoms with van der Waals surface area (Å²) in [4.78, 5) is 12.4. The third kappa shape index (κ3) is 3.59. The SMILES string of the molecule is CC1CCC(CO)(NC(=O)CC2CC3CCC(C2)N3)CC1. The Bertz CT molecular complexity index is 365. The molecule has 4 heteroatoms. The molecule has 2 atom stereocenters. The quantitative estimate of drug-likeness (QED) is 0.743. The van der Waals surface area contributed by atoms with Crippen molar-refractivity contribution in [1.82, 2.24) is 10.6 Å². The predicted octanol–water partition coefficient (Wildman–Crippen LogP) is 1.96. The van der Waals surface area contributed by atoms with Crippen LogP contribution in [0.4, 0.5) is 0 Å². The van der Waals surface area contributed by atoms with Gasteiger partial charge in [0.25, 0.3) is 0 Å². The van der Waals surface area contributed by atoms with Gasteiger partial charge in [0, 0.05) is 18.5 Å². The molecular formula is C17H30N2O2. The summed E-state index contributed by atoms with van der Waals surface area (Å²) >= 11 is 0. The first-order valence-corrected chi connectivity index (χ1v) is 8.76. The second kappa shape index (κ2) is 6.25. The Labute approximate surface area is 128 Å². The van der Waals surface area contributed by atoms with Gasteiger partial charge in [0.1, 0.15) is 0 Å². The molecule has 0 radical (unpaired) electrons. The van der Waals surface area contributed by atoms with Crippen LogP contribution >= 0.6 is 0 Å². The Morgan fingerprint density at radius 1 is 1.19 bits per heavy atom. The summed E-state index contributed by atoms with van der Waals surface area (Å²) in [5.41, 5.74) is -0.338. The highest BCUT2D eigenvalue weighted by Crippen LogP contribution is 2.34. The van der Waals surface area contributed by atoms with E-state index < -0.39 is 0 Å². The fraction of sp³-hybridized carbons (Fsp3) is 0.941. The summed E-state index contributed by atoms with van der Waals surface area (Å²) in [6, 6.07) is 1.28. The summed E-state index contributed by atoms with van der Waals surface area (Å²) in [7, 11) is 0. The number of hydrogen-bond donors (Lipinski definition) is 3. The van der Waals surface area contributed by atoms with E-state index in [0.717, 1.165) is 44.4 Å². The molecule has 1 amide bonds. The van der Waals surface area contributed by atoms with Crippen LogP contribution in [0, 0.1) is 11.8 Å². The van der Waals surface area contributed by atoms with Crippen molar-refractivity contribution < 1.29 is 9.90 Å². The number of amides is 1. The van der Waals surface area contributed by atoms with Gasteiger partial charge >= 0.3 is 0 Å². The average Bonchev–Trinajstić information content (AvgIpc) is 2.81. The Hall–Kier alpha value is -0.610. The van der Waals surface area contributed by atoms with Crippen LogP contribution in [0.15, 0.2) is 0 Å². The molecule has 0 aromatic carbocycles. The lowest BCUT2D eigenvalue weighted by molar-refractivity contribution is -0.125. The van der Waals surface area contributed by atoms with Crippen LogP contribution in [-0.4, -0.2) is 35.2 Å². The highest BCUT2D eigenvalue weighted by molar-refractivity contribution is 5.77. The summed E-state index contributed by atoms with van der Waals surface area (Å²) in [5, 5.41) is 16.6. The molecule has 4 nitrogen and oxygen atoms in total. The van der Waals surface area contributed by atoms with Crippen LogP contribution in [0.5, 0.6) is 0 Å². The van der Waals surface area contributed by atoms with Crippen LogP contribution in [0.3, 0.4) is 0 Å². The van der Waals surface area contributed by atoms with Crippen molar-refractivity contribution >= 4 is 5.91 Å². The molecule has 1 aliphatic carbocycles. The molecule has 2 bridgehead atoms. The van der Waals surface area contributed by atoms with E-state index in [0.29, 0.717) is 24.4 Å². The Morgan fingerprint density at radius 2 is 1.81 bits per heavy atom. The zero-order valence-corrected chi connectivity index (χ0v) is 13.2. The van der Waals surface area contributed by atoms with E-state index in [1.807, 2.05) is 0 Å². The number of piperidine rings is 1. The fourth-order valence-electron chi connectivity index (χ4n) is 4.59. The van der Waals surface area contributed by atoms with Crippen molar-refractivity contribution in [2.24, 2.45) is 11.8 Å². The zero-order chi connectivity index (χ0) is 14.9. The van der Waals surface area contributed by atoms with Gasteiger partial charge in [-0.05, 0) is 63.2 Å². The van der Waals surface area contributed by atoms with Gasteiger partial charge in [0.05, 0.1) is 12.1 Å². The highest BCUT2D eigenvalue weighted by Gasteiger charge is 2.37. The first-order chi connectivity index (χ1) is 10.1. The molecule has 2 aliphatic heterocycles. The van der Waals surface area contributed by atoms with E-state index in [2.05, 4.69) is 17.6 Å². The Balaban J connectivity index is 1.51. The molecule has 120 valence electrons. The molecule has 0 aromatic heterocycles. The first kappa shape index (κ1) is 15.3. The minimum absolute atomic E-state index is 0.0862. The number of nitrogens with one attached hydrogen (secondary N) is 2. The molecule has 3 fully saturated rings. The molecule has 3 rings (SSSR count). The monoisotopic (exact) mass is 294 g/mol. The van der Waals surface area contributed by atoms with Crippen LogP contribution < -0.4 is 10.6 Å². The van der Waals surface area contributed by atoms with Gasteiger partial charge in [-0.2, -0.15) is 0 Å². The molecule has 3 aliphatic rings. The normalized spacial score (nSPS) is 42.8. The number of fused-ring (bicyclic) bond motifs is 2. The number of aliphatic hydroxyl groups excluding tert-OH is 1. The second-order valence-corrected chi connectivity index (χ2v) is 7.85. The number of aliphatic hydroxyl groups is 1. The first-order valence-electron chi connectivity index (χ1n) is 8.76. The van der Waals surface area contributed by atoms with E-state index in [9.17, 15) is 9.90 Å². The summed E-state index contributed by atoms with van der Waals surface area (Å²) in [6.07, 6.45) is 9.56. The van der Waals surface area contributed by atoms with Gasteiger partial charge < -0.3 is 15.7 Å². The standard InChI is InChI=1S/C17H30N2O2/c1-12-4-6-17(11-20,7-5-12)19-16(21)10-13-8-14-2-3-15(9-13)18-14/h12-15,18,20H,2-11H2,1H3,(H,19,21).